The molecule has 1 heterocycles. The third kappa shape index (κ3) is 6.80. The minimum absolute atomic E-state index is 0. The standard InChI is InChI=1S/C21H26N2O4.ClH/c24-20(18-9-5-2-6-10-18)19(15-23-11-13-26-14-12-23)22-21(25)27-16-17-7-3-1-4-8-17;/h1-10,19-20,24H,11-16H2,(H,22,25);1H/t19-,20-;/m0./s1. The van der Waals surface area contributed by atoms with E-state index >= 15 is 0 Å². The molecule has 1 fully saturated rings. The zero-order valence-corrected chi connectivity index (χ0v) is 16.5. The van der Waals surface area contributed by atoms with Crippen LogP contribution in [0.3, 0.4) is 0 Å². The van der Waals surface area contributed by atoms with E-state index in [1.165, 1.54) is 0 Å². The van der Waals surface area contributed by atoms with Gasteiger partial charge in [-0.2, -0.15) is 0 Å². The van der Waals surface area contributed by atoms with Crippen molar-refractivity contribution < 1.29 is 19.4 Å². The van der Waals surface area contributed by atoms with Crippen LogP contribution in [0, 0.1) is 0 Å². The minimum Gasteiger partial charge on any atom is -0.445 e. The molecule has 0 aliphatic carbocycles. The van der Waals surface area contributed by atoms with Gasteiger partial charge in [-0.15, -0.1) is 12.4 Å². The van der Waals surface area contributed by atoms with E-state index in [1.807, 2.05) is 60.7 Å². The maximum atomic E-state index is 12.3. The van der Waals surface area contributed by atoms with Gasteiger partial charge in [-0.3, -0.25) is 4.90 Å². The molecular weight excluding hydrogens is 380 g/mol. The summed E-state index contributed by atoms with van der Waals surface area (Å²) in [6.07, 6.45) is -1.36. The minimum atomic E-state index is -0.821. The average molecular weight is 407 g/mol. The summed E-state index contributed by atoms with van der Waals surface area (Å²) >= 11 is 0. The second-order valence-electron chi connectivity index (χ2n) is 6.58. The van der Waals surface area contributed by atoms with Gasteiger partial charge >= 0.3 is 6.09 Å². The lowest BCUT2D eigenvalue weighted by Crippen LogP contribution is -2.50. The lowest BCUT2D eigenvalue weighted by Gasteiger charge is -2.32. The Morgan fingerprint density at radius 2 is 1.68 bits per heavy atom. The van der Waals surface area contributed by atoms with Gasteiger partial charge in [0.05, 0.1) is 19.3 Å². The van der Waals surface area contributed by atoms with Gasteiger partial charge in [0, 0.05) is 19.6 Å². The molecule has 1 aliphatic rings. The Hall–Kier alpha value is -2.12. The number of benzene rings is 2. The van der Waals surface area contributed by atoms with Crippen molar-refractivity contribution in [3.63, 3.8) is 0 Å². The van der Waals surface area contributed by atoms with E-state index in [0.717, 1.165) is 24.2 Å². The first kappa shape index (κ1) is 22.2. The molecule has 2 N–H and O–H groups in total. The van der Waals surface area contributed by atoms with Crippen molar-refractivity contribution in [3.05, 3.63) is 71.8 Å². The summed E-state index contributed by atoms with van der Waals surface area (Å²) in [5, 5.41) is 13.7. The van der Waals surface area contributed by atoms with Crippen LogP contribution in [-0.4, -0.2) is 55.0 Å². The molecule has 152 valence electrons. The van der Waals surface area contributed by atoms with E-state index in [2.05, 4.69) is 10.2 Å². The van der Waals surface area contributed by atoms with Crippen LogP contribution in [0.1, 0.15) is 17.2 Å². The highest BCUT2D eigenvalue weighted by Crippen LogP contribution is 2.18. The van der Waals surface area contributed by atoms with Crippen molar-refractivity contribution in [1.82, 2.24) is 10.2 Å². The molecule has 1 aliphatic heterocycles. The van der Waals surface area contributed by atoms with Crippen LogP contribution in [-0.2, 0) is 16.1 Å². The lowest BCUT2D eigenvalue weighted by molar-refractivity contribution is 0.0194. The fraction of sp³-hybridized carbons (Fsp3) is 0.381. The lowest BCUT2D eigenvalue weighted by atomic mass is 10.0. The number of hydrogen-bond acceptors (Lipinski definition) is 5. The van der Waals surface area contributed by atoms with Gasteiger partial charge < -0.3 is 19.9 Å². The summed E-state index contributed by atoms with van der Waals surface area (Å²) in [5.41, 5.74) is 1.68. The van der Waals surface area contributed by atoms with Gasteiger partial charge in [0.2, 0.25) is 0 Å². The number of rotatable bonds is 7. The SMILES string of the molecule is Cl.O=C(N[C@@H](CN1CCOCC1)[C@@H](O)c1ccccc1)OCc1ccccc1. The molecule has 0 aromatic heterocycles. The van der Waals surface area contributed by atoms with Gasteiger partial charge in [-0.1, -0.05) is 60.7 Å². The van der Waals surface area contributed by atoms with Crippen LogP contribution in [0.15, 0.2) is 60.7 Å². The summed E-state index contributed by atoms with van der Waals surface area (Å²) in [6.45, 7) is 3.59. The van der Waals surface area contributed by atoms with Crippen molar-refractivity contribution in [2.24, 2.45) is 0 Å². The summed E-state index contributed by atoms with van der Waals surface area (Å²) in [6, 6.07) is 18.4. The van der Waals surface area contributed by atoms with Crippen LogP contribution in [0.4, 0.5) is 4.79 Å². The quantitative estimate of drug-likeness (QED) is 0.739. The van der Waals surface area contributed by atoms with E-state index in [4.69, 9.17) is 9.47 Å². The van der Waals surface area contributed by atoms with Crippen LogP contribution in [0.25, 0.3) is 0 Å². The monoisotopic (exact) mass is 406 g/mol. The molecule has 0 saturated carbocycles. The molecule has 0 unspecified atom stereocenters. The van der Waals surface area contributed by atoms with Crippen molar-refractivity contribution >= 4 is 18.5 Å². The Bertz CT molecular complexity index is 696. The second-order valence-corrected chi connectivity index (χ2v) is 6.58. The van der Waals surface area contributed by atoms with E-state index in [-0.39, 0.29) is 19.0 Å². The molecule has 2 aromatic rings. The smallest absolute Gasteiger partial charge is 0.407 e. The van der Waals surface area contributed by atoms with Crippen LogP contribution in [0.5, 0.6) is 0 Å². The molecule has 1 amide bonds. The van der Waals surface area contributed by atoms with Crippen LogP contribution >= 0.6 is 12.4 Å². The Morgan fingerprint density at radius 1 is 1.07 bits per heavy atom. The number of nitrogens with one attached hydrogen (secondary N) is 1. The molecule has 28 heavy (non-hydrogen) atoms. The number of nitrogens with zero attached hydrogens (tertiary/aromatic N) is 1. The molecule has 6 nitrogen and oxygen atoms in total. The summed E-state index contributed by atoms with van der Waals surface area (Å²) in [5.74, 6) is 0. The predicted molar refractivity (Wildman–Crippen MR) is 109 cm³/mol. The normalized spacial score (nSPS) is 16.5. The maximum absolute atomic E-state index is 12.3. The summed E-state index contributed by atoms with van der Waals surface area (Å²) in [4.78, 5) is 14.5. The Labute approximate surface area is 171 Å². The molecule has 2 aromatic carbocycles. The molecule has 0 radical (unpaired) electrons. The highest BCUT2D eigenvalue weighted by Gasteiger charge is 2.26. The molecule has 2 atom stereocenters. The Kier molecular flexibility index (Phi) is 9.23. The van der Waals surface area contributed by atoms with Gasteiger partial charge in [-0.25, -0.2) is 4.79 Å². The third-order valence-electron chi connectivity index (χ3n) is 4.60. The fourth-order valence-electron chi connectivity index (χ4n) is 3.09. The Balaban J connectivity index is 0.00000280. The van der Waals surface area contributed by atoms with Gasteiger partial charge in [0.25, 0.3) is 0 Å². The molecule has 3 rings (SSSR count). The van der Waals surface area contributed by atoms with Crippen LogP contribution in [0.2, 0.25) is 0 Å². The van der Waals surface area contributed by atoms with E-state index in [0.29, 0.717) is 19.8 Å². The van der Waals surface area contributed by atoms with Crippen molar-refractivity contribution in [2.45, 2.75) is 18.8 Å². The number of aliphatic hydroxyl groups excluding tert-OH is 1. The average Bonchev–Trinajstić information content (AvgIpc) is 2.73. The molecule has 7 heteroatoms. The molecule has 0 spiro atoms. The number of hydrogen-bond donors (Lipinski definition) is 2. The molecular formula is C21H27ClN2O4. The van der Waals surface area contributed by atoms with Gasteiger partial charge in [0.15, 0.2) is 0 Å². The number of halogens is 1. The summed E-state index contributed by atoms with van der Waals surface area (Å²) in [7, 11) is 0. The number of ether oxygens (including phenoxy) is 2. The molecule has 1 saturated heterocycles. The largest absolute Gasteiger partial charge is 0.445 e. The zero-order chi connectivity index (χ0) is 18.9. The first-order valence-electron chi connectivity index (χ1n) is 9.23. The van der Waals surface area contributed by atoms with E-state index in [1.54, 1.807) is 0 Å². The number of alkyl carbamates (subject to hydrolysis) is 1. The van der Waals surface area contributed by atoms with E-state index in [9.17, 15) is 9.90 Å². The van der Waals surface area contributed by atoms with Crippen molar-refractivity contribution in [1.29, 1.82) is 0 Å². The van der Waals surface area contributed by atoms with Crippen LogP contribution < -0.4 is 5.32 Å². The third-order valence-corrected chi connectivity index (χ3v) is 4.60. The first-order chi connectivity index (χ1) is 13.2. The predicted octanol–water partition coefficient (Wildman–Crippen LogP) is 2.77. The number of carbonyl (C=O) groups is 1. The molecule has 0 bridgehead atoms. The Morgan fingerprint density at radius 3 is 2.32 bits per heavy atom. The van der Waals surface area contributed by atoms with Gasteiger partial charge in [0.1, 0.15) is 12.7 Å². The van der Waals surface area contributed by atoms with Crippen molar-refractivity contribution in [2.75, 3.05) is 32.8 Å². The first-order valence-corrected chi connectivity index (χ1v) is 9.23. The van der Waals surface area contributed by atoms with E-state index < -0.39 is 18.2 Å². The van der Waals surface area contributed by atoms with Gasteiger partial charge in [-0.05, 0) is 11.1 Å². The topological polar surface area (TPSA) is 71.0 Å². The maximum Gasteiger partial charge on any atom is 0.407 e. The van der Waals surface area contributed by atoms with Crippen molar-refractivity contribution in [3.8, 4) is 0 Å². The highest BCUT2D eigenvalue weighted by atomic mass is 35.5. The summed E-state index contributed by atoms with van der Waals surface area (Å²) < 4.78 is 10.7. The highest BCUT2D eigenvalue weighted by molar-refractivity contribution is 5.85. The number of carbonyl (C=O) groups excluding carboxylic acids is 1. The number of amides is 1. The second kappa shape index (κ2) is 11.7. The zero-order valence-electron chi connectivity index (χ0n) is 15.7. The number of aliphatic hydroxyl groups is 1. The fourth-order valence-corrected chi connectivity index (χ4v) is 3.09. The number of morpholine rings is 1.